The first-order chi connectivity index (χ1) is 13.0. The molecule has 2 aromatic heterocycles. The van der Waals surface area contributed by atoms with Crippen molar-refractivity contribution in [1.82, 2.24) is 4.98 Å². The molecule has 0 aliphatic rings. The number of benzene rings is 2. The third-order valence-corrected chi connectivity index (χ3v) is 5.58. The van der Waals surface area contributed by atoms with Crippen molar-refractivity contribution in [3.8, 4) is 11.3 Å². The highest BCUT2D eigenvalue weighted by Gasteiger charge is 2.18. The van der Waals surface area contributed by atoms with Crippen LogP contribution in [0.15, 0.2) is 60.7 Å². The van der Waals surface area contributed by atoms with E-state index in [2.05, 4.69) is 5.32 Å². The number of aryl methyl sites for hydroxylation is 1. The lowest BCUT2D eigenvalue weighted by molar-refractivity contribution is 0.103. The van der Waals surface area contributed by atoms with Gasteiger partial charge in [0.2, 0.25) is 0 Å². The molecule has 6 heteroatoms. The number of anilines is 2. The van der Waals surface area contributed by atoms with Gasteiger partial charge in [-0.25, -0.2) is 4.98 Å². The zero-order valence-electron chi connectivity index (χ0n) is 14.5. The number of nitrogen functional groups attached to an aromatic ring is 1. The molecule has 0 saturated carbocycles. The van der Waals surface area contributed by atoms with Gasteiger partial charge < -0.3 is 11.1 Å². The second kappa shape index (κ2) is 7.02. The van der Waals surface area contributed by atoms with E-state index >= 15 is 0 Å². The Bertz CT molecular complexity index is 1150. The van der Waals surface area contributed by atoms with Gasteiger partial charge >= 0.3 is 0 Å². The van der Waals surface area contributed by atoms with Crippen molar-refractivity contribution in [1.29, 1.82) is 0 Å². The molecule has 4 nitrogen and oxygen atoms in total. The third-order valence-electron chi connectivity index (χ3n) is 4.23. The van der Waals surface area contributed by atoms with Crippen molar-refractivity contribution in [2.24, 2.45) is 0 Å². The SMILES string of the molecule is Cc1ccc(-c2ccc3c(N)c(C(=O)Nc4cccc(Cl)c4)sc3n2)cc1. The number of nitrogens with two attached hydrogens (primary N) is 1. The van der Waals surface area contributed by atoms with Crippen molar-refractivity contribution in [3.05, 3.63) is 76.1 Å². The molecule has 0 radical (unpaired) electrons. The van der Waals surface area contributed by atoms with E-state index in [9.17, 15) is 4.79 Å². The molecule has 4 rings (SSSR count). The molecule has 0 aliphatic heterocycles. The number of thiophene rings is 1. The van der Waals surface area contributed by atoms with E-state index < -0.39 is 0 Å². The summed E-state index contributed by atoms with van der Waals surface area (Å²) < 4.78 is 0. The molecule has 2 aromatic carbocycles. The van der Waals surface area contributed by atoms with Gasteiger partial charge in [-0.05, 0) is 37.3 Å². The summed E-state index contributed by atoms with van der Waals surface area (Å²) in [5.74, 6) is -0.269. The monoisotopic (exact) mass is 393 g/mol. The number of fused-ring (bicyclic) bond motifs is 1. The molecular formula is C21H16ClN3OS. The van der Waals surface area contributed by atoms with Crippen LogP contribution in [0.1, 0.15) is 15.2 Å². The number of halogens is 1. The van der Waals surface area contributed by atoms with E-state index in [0.29, 0.717) is 21.3 Å². The lowest BCUT2D eigenvalue weighted by Crippen LogP contribution is -2.11. The Kier molecular flexibility index (Phi) is 4.56. The Morgan fingerprint density at radius 3 is 2.63 bits per heavy atom. The number of aromatic nitrogens is 1. The van der Waals surface area contributed by atoms with Crippen LogP contribution in [0, 0.1) is 6.92 Å². The average molecular weight is 394 g/mol. The zero-order valence-corrected chi connectivity index (χ0v) is 16.1. The maximum Gasteiger partial charge on any atom is 0.267 e. The Balaban J connectivity index is 1.68. The lowest BCUT2D eigenvalue weighted by atomic mass is 10.1. The molecule has 0 unspecified atom stereocenters. The predicted molar refractivity (Wildman–Crippen MR) is 114 cm³/mol. The fraction of sp³-hybridized carbons (Fsp3) is 0.0476. The molecular weight excluding hydrogens is 378 g/mol. The standard InChI is InChI=1S/C21H16ClN3OS/c1-12-5-7-13(8-6-12)17-10-9-16-18(23)19(27-21(16)25-17)20(26)24-15-4-2-3-14(22)11-15/h2-11H,23H2,1H3,(H,24,26). The van der Waals surface area contributed by atoms with E-state index in [1.54, 1.807) is 24.3 Å². The van der Waals surface area contributed by atoms with Crippen LogP contribution in [0.2, 0.25) is 5.02 Å². The molecule has 4 aromatic rings. The van der Waals surface area contributed by atoms with Crippen molar-refractivity contribution in [2.75, 3.05) is 11.1 Å². The van der Waals surface area contributed by atoms with Gasteiger partial charge in [-0.15, -0.1) is 11.3 Å². The minimum Gasteiger partial charge on any atom is -0.397 e. The van der Waals surface area contributed by atoms with Gasteiger partial charge in [-0.1, -0.05) is 47.5 Å². The summed E-state index contributed by atoms with van der Waals surface area (Å²) in [5, 5.41) is 4.17. The van der Waals surface area contributed by atoms with Crippen LogP contribution in [0.5, 0.6) is 0 Å². The molecule has 134 valence electrons. The number of nitrogens with one attached hydrogen (secondary N) is 1. The van der Waals surface area contributed by atoms with E-state index in [-0.39, 0.29) is 5.91 Å². The largest absolute Gasteiger partial charge is 0.397 e. The van der Waals surface area contributed by atoms with Crippen LogP contribution in [0.3, 0.4) is 0 Å². The molecule has 0 fully saturated rings. The molecule has 2 heterocycles. The topological polar surface area (TPSA) is 68.0 Å². The summed E-state index contributed by atoms with van der Waals surface area (Å²) >= 11 is 7.26. The molecule has 0 bridgehead atoms. The normalized spacial score (nSPS) is 10.9. The Morgan fingerprint density at radius 2 is 1.89 bits per heavy atom. The molecule has 0 saturated heterocycles. The smallest absolute Gasteiger partial charge is 0.267 e. The number of hydrogen-bond donors (Lipinski definition) is 2. The number of hydrogen-bond acceptors (Lipinski definition) is 4. The number of rotatable bonds is 3. The fourth-order valence-electron chi connectivity index (χ4n) is 2.81. The van der Waals surface area contributed by atoms with Crippen LogP contribution in [0.25, 0.3) is 21.5 Å². The number of pyridine rings is 1. The highest BCUT2D eigenvalue weighted by molar-refractivity contribution is 7.21. The van der Waals surface area contributed by atoms with Gasteiger partial charge in [0, 0.05) is 21.7 Å². The fourth-order valence-corrected chi connectivity index (χ4v) is 3.98. The third kappa shape index (κ3) is 3.52. The highest BCUT2D eigenvalue weighted by Crippen LogP contribution is 2.34. The lowest BCUT2D eigenvalue weighted by Gasteiger charge is -2.04. The number of carbonyl (C=O) groups is 1. The van der Waals surface area contributed by atoms with Crippen LogP contribution >= 0.6 is 22.9 Å². The summed E-state index contributed by atoms with van der Waals surface area (Å²) in [6.07, 6.45) is 0. The summed E-state index contributed by atoms with van der Waals surface area (Å²) in [6.45, 7) is 2.05. The van der Waals surface area contributed by atoms with Crippen molar-refractivity contribution in [3.63, 3.8) is 0 Å². The second-order valence-electron chi connectivity index (χ2n) is 6.22. The Hall–Kier alpha value is -2.89. The van der Waals surface area contributed by atoms with E-state index in [4.69, 9.17) is 22.3 Å². The summed E-state index contributed by atoms with van der Waals surface area (Å²) in [7, 11) is 0. The quantitative estimate of drug-likeness (QED) is 0.465. The van der Waals surface area contributed by atoms with Gasteiger partial charge in [0.15, 0.2) is 0 Å². The summed E-state index contributed by atoms with van der Waals surface area (Å²) in [4.78, 5) is 18.5. The first kappa shape index (κ1) is 17.5. The van der Waals surface area contributed by atoms with E-state index in [1.165, 1.54) is 16.9 Å². The first-order valence-electron chi connectivity index (χ1n) is 8.34. The van der Waals surface area contributed by atoms with E-state index in [1.807, 2.05) is 43.3 Å². The second-order valence-corrected chi connectivity index (χ2v) is 7.66. The maximum absolute atomic E-state index is 12.7. The summed E-state index contributed by atoms with van der Waals surface area (Å²) in [6, 6.07) is 19.0. The van der Waals surface area contributed by atoms with Gasteiger partial charge in [-0.3, -0.25) is 4.79 Å². The summed E-state index contributed by atoms with van der Waals surface area (Å²) in [5.41, 5.74) is 10.4. The minimum absolute atomic E-state index is 0.269. The van der Waals surface area contributed by atoms with Crippen LogP contribution in [0.4, 0.5) is 11.4 Å². The number of nitrogens with zero attached hydrogens (tertiary/aromatic N) is 1. The van der Waals surface area contributed by atoms with Crippen LogP contribution in [-0.4, -0.2) is 10.9 Å². The molecule has 1 amide bonds. The molecule has 0 atom stereocenters. The minimum atomic E-state index is -0.269. The highest BCUT2D eigenvalue weighted by atomic mass is 35.5. The van der Waals surface area contributed by atoms with Gasteiger partial charge in [0.1, 0.15) is 9.71 Å². The van der Waals surface area contributed by atoms with Crippen molar-refractivity contribution in [2.45, 2.75) is 6.92 Å². The zero-order chi connectivity index (χ0) is 19.0. The van der Waals surface area contributed by atoms with Crippen molar-refractivity contribution < 1.29 is 4.79 Å². The molecule has 27 heavy (non-hydrogen) atoms. The predicted octanol–water partition coefficient (Wildman–Crippen LogP) is 5.76. The van der Waals surface area contributed by atoms with E-state index in [0.717, 1.165) is 21.5 Å². The average Bonchev–Trinajstić information content (AvgIpc) is 2.99. The number of carbonyl (C=O) groups excluding carboxylic acids is 1. The van der Waals surface area contributed by atoms with Crippen LogP contribution < -0.4 is 11.1 Å². The first-order valence-corrected chi connectivity index (χ1v) is 9.54. The van der Waals surface area contributed by atoms with Gasteiger partial charge in [0.25, 0.3) is 5.91 Å². The Morgan fingerprint density at radius 1 is 1.11 bits per heavy atom. The van der Waals surface area contributed by atoms with Gasteiger partial charge in [0.05, 0.1) is 11.4 Å². The maximum atomic E-state index is 12.7. The molecule has 0 spiro atoms. The molecule has 3 N–H and O–H groups in total. The van der Waals surface area contributed by atoms with Crippen LogP contribution in [-0.2, 0) is 0 Å². The number of amides is 1. The van der Waals surface area contributed by atoms with Gasteiger partial charge in [-0.2, -0.15) is 0 Å². The Labute approximate surface area is 165 Å². The molecule has 0 aliphatic carbocycles. The van der Waals surface area contributed by atoms with Crippen molar-refractivity contribution >= 4 is 50.4 Å².